The fourth-order valence-electron chi connectivity index (χ4n) is 3.29. The number of para-hydroxylation sites is 2. The Labute approximate surface area is 154 Å². The highest BCUT2D eigenvalue weighted by Gasteiger charge is 2.23. The van der Waals surface area contributed by atoms with E-state index in [1.54, 1.807) is 0 Å². The van der Waals surface area contributed by atoms with E-state index < -0.39 is 6.10 Å². The molecule has 3 rings (SSSR count). The largest absolute Gasteiger partial charge is 0.494 e. The maximum Gasteiger partial charge on any atom is 0.356 e. The number of nitrogen functional groups attached to an aromatic ring is 1. The van der Waals surface area contributed by atoms with Crippen LogP contribution >= 0.6 is 0 Å². The topological polar surface area (TPSA) is 64.3 Å². The quantitative estimate of drug-likeness (QED) is 0.609. The lowest BCUT2D eigenvalue weighted by molar-refractivity contribution is -0.666. The van der Waals surface area contributed by atoms with Crippen LogP contribution in [0.1, 0.15) is 38.4 Å². The third-order valence-corrected chi connectivity index (χ3v) is 4.68. The van der Waals surface area contributed by atoms with Gasteiger partial charge in [-0.3, -0.25) is 5.73 Å². The predicted molar refractivity (Wildman–Crippen MR) is 104 cm³/mol. The molecule has 0 radical (unpaired) electrons. The van der Waals surface area contributed by atoms with E-state index in [4.69, 9.17) is 10.5 Å². The minimum Gasteiger partial charge on any atom is -0.494 e. The number of benzene rings is 2. The van der Waals surface area contributed by atoms with Crippen molar-refractivity contribution in [3.63, 3.8) is 0 Å². The SMILES string of the molecule is CCCCn1c(N)[n+](C[C@@H](O)c2ccc(OCC)cc2)c2ccccc21. The monoisotopic (exact) mass is 354 g/mol. The molecule has 1 atom stereocenters. The minimum absolute atomic E-state index is 0.416. The van der Waals surface area contributed by atoms with Gasteiger partial charge in [-0.25, -0.2) is 9.13 Å². The van der Waals surface area contributed by atoms with E-state index in [-0.39, 0.29) is 0 Å². The van der Waals surface area contributed by atoms with Gasteiger partial charge in [0.25, 0.3) is 0 Å². The van der Waals surface area contributed by atoms with Gasteiger partial charge in [-0.15, -0.1) is 0 Å². The number of hydrogen-bond acceptors (Lipinski definition) is 3. The Bertz CT molecular complexity index is 856. The van der Waals surface area contributed by atoms with E-state index in [0.29, 0.717) is 19.1 Å². The van der Waals surface area contributed by atoms with Gasteiger partial charge >= 0.3 is 5.95 Å². The first-order valence-electron chi connectivity index (χ1n) is 9.33. The lowest BCUT2D eigenvalue weighted by Crippen LogP contribution is -2.39. The third kappa shape index (κ3) is 3.68. The number of nitrogens with zero attached hydrogens (tertiary/aromatic N) is 2. The number of aliphatic hydroxyl groups is 1. The van der Waals surface area contributed by atoms with Crippen molar-refractivity contribution in [2.45, 2.75) is 45.9 Å². The summed E-state index contributed by atoms with van der Waals surface area (Å²) in [4.78, 5) is 0. The molecular weight excluding hydrogens is 326 g/mol. The lowest BCUT2D eigenvalue weighted by atomic mass is 10.1. The Kier molecular flexibility index (Phi) is 5.78. The summed E-state index contributed by atoms with van der Waals surface area (Å²) in [6.07, 6.45) is 1.55. The molecule has 26 heavy (non-hydrogen) atoms. The van der Waals surface area contributed by atoms with Gasteiger partial charge in [0.15, 0.2) is 0 Å². The second kappa shape index (κ2) is 8.23. The van der Waals surface area contributed by atoms with Gasteiger partial charge in [-0.1, -0.05) is 37.6 Å². The molecule has 0 aliphatic rings. The Morgan fingerprint density at radius 2 is 1.85 bits per heavy atom. The number of rotatable bonds is 8. The van der Waals surface area contributed by atoms with Crippen LogP contribution in [0, 0.1) is 0 Å². The summed E-state index contributed by atoms with van der Waals surface area (Å²) < 4.78 is 9.61. The second-order valence-corrected chi connectivity index (χ2v) is 6.48. The van der Waals surface area contributed by atoms with Crippen LogP contribution in [0.25, 0.3) is 11.0 Å². The van der Waals surface area contributed by atoms with Crippen molar-refractivity contribution in [3.8, 4) is 5.75 Å². The van der Waals surface area contributed by atoms with Crippen LogP contribution < -0.4 is 15.0 Å². The van der Waals surface area contributed by atoms with Crippen LogP contribution in [0.5, 0.6) is 5.75 Å². The van der Waals surface area contributed by atoms with Crippen LogP contribution in [0.2, 0.25) is 0 Å². The van der Waals surface area contributed by atoms with E-state index in [9.17, 15) is 5.11 Å². The zero-order valence-electron chi connectivity index (χ0n) is 15.6. The summed E-state index contributed by atoms with van der Waals surface area (Å²) >= 11 is 0. The Balaban J connectivity index is 1.89. The molecule has 3 N–H and O–H groups in total. The summed E-state index contributed by atoms with van der Waals surface area (Å²) in [5.41, 5.74) is 9.45. The van der Waals surface area contributed by atoms with Crippen molar-refractivity contribution in [3.05, 3.63) is 54.1 Å². The Hall–Kier alpha value is -2.53. The van der Waals surface area contributed by atoms with E-state index in [1.807, 2.05) is 47.9 Å². The summed E-state index contributed by atoms with van der Waals surface area (Å²) in [5.74, 6) is 1.50. The molecule has 0 saturated heterocycles. The number of aromatic nitrogens is 2. The lowest BCUT2D eigenvalue weighted by Gasteiger charge is -2.11. The number of nitrogens with two attached hydrogens (primary N) is 1. The molecule has 5 nitrogen and oxygen atoms in total. The van der Waals surface area contributed by atoms with E-state index in [0.717, 1.165) is 41.7 Å². The molecule has 3 aromatic rings. The van der Waals surface area contributed by atoms with Gasteiger partial charge in [0.2, 0.25) is 0 Å². The van der Waals surface area contributed by atoms with Gasteiger partial charge in [0.1, 0.15) is 29.4 Å². The number of hydrogen-bond donors (Lipinski definition) is 2. The van der Waals surface area contributed by atoms with Crippen molar-refractivity contribution in [2.75, 3.05) is 12.3 Å². The fourth-order valence-corrected chi connectivity index (χ4v) is 3.29. The summed E-state index contributed by atoms with van der Waals surface area (Å²) in [6, 6.07) is 15.8. The summed E-state index contributed by atoms with van der Waals surface area (Å²) in [6.45, 7) is 6.06. The molecule has 138 valence electrons. The van der Waals surface area contributed by atoms with Crippen molar-refractivity contribution in [1.82, 2.24) is 4.57 Å². The molecule has 1 aromatic heterocycles. The van der Waals surface area contributed by atoms with E-state index in [1.165, 1.54) is 0 Å². The first kappa shape index (κ1) is 18.3. The maximum absolute atomic E-state index is 10.7. The van der Waals surface area contributed by atoms with E-state index in [2.05, 4.69) is 23.6 Å². The standard InChI is InChI=1S/C21H27N3O2/c1-3-5-14-23-18-8-6-7-9-19(18)24(21(23)22)15-20(25)16-10-12-17(13-11-16)26-4-2/h6-13,20,22,25H,3-5,14-15H2,1-2H3/p+1/t20-/m1/s1. The van der Waals surface area contributed by atoms with Crippen LogP contribution in [0.15, 0.2) is 48.5 Å². The average molecular weight is 354 g/mol. The highest BCUT2D eigenvalue weighted by molar-refractivity contribution is 5.73. The molecular formula is C21H28N3O2+. The van der Waals surface area contributed by atoms with Gasteiger partial charge < -0.3 is 9.84 Å². The van der Waals surface area contributed by atoms with Gasteiger partial charge in [0, 0.05) is 0 Å². The number of fused-ring (bicyclic) bond motifs is 1. The maximum atomic E-state index is 10.7. The molecule has 0 unspecified atom stereocenters. The van der Waals surface area contributed by atoms with Crippen LogP contribution in [0.4, 0.5) is 5.95 Å². The van der Waals surface area contributed by atoms with Crippen LogP contribution in [-0.4, -0.2) is 16.3 Å². The zero-order valence-corrected chi connectivity index (χ0v) is 15.6. The minimum atomic E-state index is -0.636. The number of unbranched alkanes of at least 4 members (excludes halogenated alkanes) is 1. The molecule has 0 aliphatic heterocycles. The molecule has 2 aromatic carbocycles. The van der Waals surface area contributed by atoms with Crippen molar-refractivity contribution < 1.29 is 14.4 Å². The molecule has 0 amide bonds. The van der Waals surface area contributed by atoms with Gasteiger partial charge in [-0.05, 0) is 43.2 Å². The van der Waals surface area contributed by atoms with Crippen molar-refractivity contribution >= 4 is 17.0 Å². The fraction of sp³-hybridized carbons (Fsp3) is 0.381. The number of ether oxygens (including phenoxy) is 1. The van der Waals surface area contributed by atoms with Gasteiger partial charge in [-0.2, -0.15) is 0 Å². The number of anilines is 1. The molecule has 0 fully saturated rings. The highest BCUT2D eigenvalue weighted by Crippen LogP contribution is 2.21. The average Bonchev–Trinajstić information content (AvgIpc) is 2.92. The molecule has 0 spiro atoms. The highest BCUT2D eigenvalue weighted by atomic mass is 16.5. The number of aliphatic hydroxyl groups excluding tert-OH is 1. The molecule has 0 saturated carbocycles. The number of imidazole rings is 1. The summed E-state index contributed by atoms with van der Waals surface area (Å²) in [5, 5.41) is 10.7. The van der Waals surface area contributed by atoms with Crippen LogP contribution in [-0.2, 0) is 13.1 Å². The van der Waals surface area contributed by atoms with Crippen molar-refractivity contribution in [1.29, 1.82) is 0 Å². The Morgan fingerprint density at radius 3 is 2.54 bits per heavy atom. The smallest absolute Gasteiger partial charge is 0.356 e. The first-order chi connectivity index (χ1) is 12.7. The molecule has 1 heterocycles. The number of aryl methyl sites for hydroxylation is 1. The molecule has 0 bridgehead atoms. The van der Waals surface area contributed by atoms with E-state index >= 15 is 0 Å². The third-order valence-electron chi connectivity index (χ3n) is 4.68. The zero-order chi connectivity index (χ0) is 18.5. The normalized spacial score (nSPS) is 12.4. The predicted octanol–water partition coefficient (Wildman–Crippen LogP) is 3.44. The molecule has 0 aliphatic carbocycles. The van der Waals surface area contributed by atoms with Gasteiger partial charge in [0.05, 0.1) is 13.2 Å². The second-order valence-electron chi connectivity index (χ2n) is 6.48. The van der Waals surface area contributed by atoms with Crippen LogP contribution in [0.3, 0.4) is 0 Å². The first-order valence-corrected chi connectivity index (χ1v) is 9.33. The summed E-state index contributed by atoms with van der Waals surface area (Å²) in [7, 11) is 0. The molecule has 5 heteroatoms. The Morgan fingerprint density at radius 1 is 1.12 bits per heavy atom. The van der Waals surface area contributed by atoms with Crippen molar-refractivity contribution in [2.24, 2.45) is 0 Å².